The van der Waals surface area contributed by atoms with Crippen molar-refractivity contribution in [3.63, 3.8) is 0 Å². The summed E-state index contributed by atoms with van der Waals surface area (Å²) in [7, 11) is 0. The molecule has 1 unspecified atom stereocenters. The molecule has 22 heavy (non-hydrogen) atoms. The van der Waals surface area contributed by atoms with Gasteiger partial charge in [-0.05, 0) is 45.2 Å². The summed E-state index contributed by atoms with van der Waals surface area (Å²) in [5.41, 5.74) is 0. The van der Waals surface area contributed by atoms with E-state index in [4.69, 9.17) is 4.74 Å². The van der Waals surface area contributed by atoms with Crippen molar-refractivity contribution in [2.45, 2.75) is 52.0 Å². The molecule has 0 bridgehead atoms. The second-order valence-electron chi connectivity index (χ2n) is 5.79. The van der Waals surface area contributed by atoms with Crippen molar-refractivity contribution in [2.75, 3.05) is 26.3 Å². The van der Waals surface area contributed by atoms with Crippen LogP contribution in [0.1, 0.15) is 54.8 Å². The van der Waals surface area contributed by atoms with Gasteiger partial charge in [-0.1, -0.05) is 12.8 Å². The molecule has 0 saturated carbocycles. The summed E-state index contributed by atoms with van der Waals surface area (Å²) in [4.78, 5) is 17.2. The molecule has 0 aromatic carbocycles. The maximum atomic E-state index is 12.6. The fourth-order valence-corrected chi connectivity index (χ4v) is 3.92. The first kappa shape index (κ1) is 17.3. The van der Waals surface area contributed by atoms with E-state index in [1.165, 1.54) is 22.6 Å². The SMILES string of the molecule is CCOCCCNC(=O)N1CCCCCC1c1ccc(C)s1. The highest BCUT2D eigenvalue weighted by Gasteiger charge is 2.27. The number of rotatable bonds is 6. The minimum Gasteiger partial charge on any atom is -0.382 e. The first-order valence-corrected chi connectivity index (χ1v) is 9.22. The van der Waals surface area contributed by atoms with E-state index >= 15 is 0 Å². The Balaban J connectivity index is 1.93. The number of nitrogens with one attached hydrogen (secondary N) is 1. The molecule has 0 radical (unpaired) electrons. The Kier molecular flexibility index (Phi) is 7.19. The maximum absolute atomic E-state index is 12.6. The number of nitrogens with zero attached hydrogens (tertiary/aromatic N) is 1. The van der Waals surface area contributed by atoms with E-state index in [-0.39, 0.29) is 12.1 Å². The van der Waals surface area contributed by atoms with Gasteiger partial charge in [-0.25, -0.2) is 4.79 Å². The summed E-state index contributed by atoms with van der Waals surface area (Å²) < 4.78 is 5.31. The van der Waals surface area contributed by atoms with Crippen LogP contribution in [0.15, 0.2) is 12.1 Å². The fraction of sp³-hybridized carbons (Fsp3) is 0.706. The summed E-state index contributed by atoms with van der Waals surface area (Å²) in [6.07, 6.45) is 5.47. The fourth-order valence-electron chi connectivity index (χ4n) is 2.90. The molecule has 124 valence electrons. The average molecular weight is 324 g/mol. The normalized spacial score (nSPS) is 19.0. The summed E-state index contributed by atoms with van der Waals surface area (Å²) in [6, 6.07) is 4.66. The van der Waals surface area contributed by atoms with E-state index in [1.807, 2.05) is 23.2 Å². The van der Waals surface area contributed by atoms with Crippen molar-refractivity contribution < 1.29 is 9.53 Å². The molecule has 1 saturated heterocycles. The van der Waals surface area contributed by atoms with Gasteiger partial charge in [-0.3, -0.25) is 0 Å². The molecule has 1 N–H and O–H groups in total. The first-order chi connectivity index (χ1) is 10.7. The number of amides is 2. The van der Waals surface area contributed by atoms with Crippen LogP contribution < -0.4 is 5.32 Å². The van der Waals surface area contributed by atoms with Crippen LogP contribution >= 0.6 is 11.3 Å². The quantitative estimate of drug-likeness (QED) is 0.800. The van der Waals surface area contributed by atoms with Crippen LogP contribution in [0.2, 0.25) is 0 Å². The minimum atomic E-state index is 0.0782. The summed E-state index contributed by atoms with van der Waals surface area (Å²) >= 11 is 1.82. The molecule has 2 heterocycles. The topological polar surface area (TPSA) is 41.6 Å². The van der Waals surface area contributed by atoms with E-state index < -0.39 is 0 Å². The van der Waals surface area contributed by atoms with Crippen molar-refractivity contribution in [2.24, 2.45) is 0 Å². The molecule has 0 aliphatic carbocycles. The van der Waals surface area contributed by atoms with Crippen LogP contribution in [0.5, 0.6) is 0 Å². The number of urea groups is 1. The van der Waals surface area contributed by atoms with Gasteiger partial charge in [0.1, 0.15) is 0 Å². The lowest BCUT2D eigenvalue weighted by molar-refractivity contribution is 0.142. The second kappa shape index (κ2) is 9.16. The monoisotopic (exact) mass is 324 g/mol. The lowest BCUT2D eigenvalue weighted by atomic mass is 10.1. The number of aryl methyl sites for hydroxylation is 1. The predicted molar refractivity (Wildman–Crippen MR) is 91.5 cm³/mol. The number of ether oxygens (including phenoxy) is 1. The standard InChI is InChI=1S/C17H28N2O2S/c1-3-21-13-7-11-18-17(20)19-12-6-4-5-8-15(19)16-10-9-14(2)22-16/h9-10,15H,3-8,11-13H2,1-2H3,(H,18,20). The molecule has 1 aromatic heterocycles. The molecule has 1 aliphatic rings. The Labute approximate surface area is 137 Å². The summed E-state index contributed by atoms with van der Waals surface area (Å²) in [5.74, 6) is 0. The molecule has 2 rings (SSSR count). The molecule has 4 nitrogen and oxygen atoms in total. The lowest BCUT2D eigenvalue weighted by Gasteiger charge is -2.29. The van der Waals surface area contributed by atoms with Crippen LogP contribution in [-0.2, 0) is 4.74 Å². The average Bonchev–Trinajstić information content (AvgIpc) is 2.80. The zero-order chi connectivity index (χ0) is 15.8. The Bertz CT molecular complexity index is 461. The van der Waals surface area contributed by atoms with E-state index in [9.17, 15) is 4.79 Å². The van der Waals surface area contributed by atoms with Crippen LogP contribution in [0.4, 0.5) is 4.79 Å². The Morgan fingerprint density at radius 3 is 3.00 bits per heavy atom. The molecule has 0 spiro atoms. The zero-order valence-electron chi connectivity index (χ0n) is 13.8. The predicted octanol–water partition coefficient (Wildman–Crippen LogP) is 4.11. The molecule has 2 amide bonds. The van der Waals surface area contributed by atoms with Gasteiger partial charge < -0.3 is 15.0 Å². The van der Waals surface area contributed by atoms with E-state index in [0.717, 1.165) is 32.4 Å². The highest BCUT2D eigenvalue weighted by molar-refractivity contribution is 7.12. The third-order valence-electron chi connectivity index (χ3n) is 4.05. The van der Waals surface area contributed by atoms with Crippen molar-refractivity contribution in [1.29, 1.82) is 0 Å². The highest BCUT2D eigenvalue weighted by Crippen LogP contribution is 2.34. The molecule has 1 aliphatic heterocycles. The molecular weight excluding hydrogens is 296 g/mol. The Hall–Kier alpha value is -1.07. The number of hydrogen-bond donors (Lipinski definition) is 1. The smallest absolute Gasteiger partial charge is 0.317 e. The van der Waals surface area contributed by atoms with Crippen molar-refractivity contribution in [3.8, 4) is 0 Å². The summed E-state index contributed by atoms with van der Waals surface area (Å²) in [6.45, 7) is 7.11. The van der Waals surface area contributed by atoms with Gasteiger partial charge >= 0.3 is 6.03 Å². The van der Waals surface area contributed by atoms with Gasteiger partial charge in [0, 0.05) is 36.1 Å². The van der Waals surface area contributed by atoms with E-state index in [1.54, 1.807) is 0 Å². The van der Waals surface area contributed by atoms with Crippen LogP contribution in [0.25, 0.3) is 0 Å². The lowest BCUT2D eigenvalue weighted by Crippen LogP contribution is -2.42. The highest BCUT2D eigenvalue weighted by atomic mass is 32.1. The molecule has 1 aromatic rings. The Morgan fingerprint density at radius 1 is 1.41 bits per heavy atom. The van der Waals surface area contributed by atoms with E-state index in [0.29, 0.717) is 13.2 Å². The van der Waals surface area contributed by atoms with Crippen LogP contribution in [-0.4, -0.2) is 37.2 Å². The van der Waals surface area contributed by atoms with Gasteiger partial charge in [-0.2, -0.15) is 0 Å². The third kappa shape index (κ3) is 4.99. The van der Waals surface area contributed by atoms with Crippen LogP contribution in [0, 0.1) is 6.92 Å². The van der Waals surface area contributed by atoms with Crippen LogP contribution in [0.3, 0.4) is 0 Å². The maximum Gasteiger partial charge on any atom is 0.317 e. The first-order valence-electron chi connectivity index (χ1n) is 8.41. The number of carbonyl (C=O) groups is 1. The zero-order valence-corrected chi connectivity index (χ0v) is 14.6. The van der Waals surface area contributed by atoms with Crippen molar-refractivity contribution in [3.05, 3.63) is 21.9 Å². The molecule has 1 atom stereocenters. The summed E-state index contributed by atoms with van der Waals surface area (Å²) in [5, 5.41) is 3.06. The number of thiophene rings is 1. The largest absolute Gasteiger partial charge is 0.382 e. The van der Waals surface area contributed by atoms with Gasteiger partial charge in [0.05, 0.1) is 6.04 Å². The van der Waals surface area contributed by atoms with Gasteiger partial charge in [-0.15, -0.1) is 11.3 Å². The van der Waals surface area contributed by atoms with Crippen molar-refractivity contribution >= 4 is 17.4 Å². The van der Waals surface area contributed by atoms with Gasteiger partial charge in [0.25, 0.3) is 0 Å². The Morgan fingerprint density at radius 2 is 2.27 bits per heavy atom. The van der Waals surface area contributed by atoms with Gasteiger partial charge in [0.15, 0.2) is 0 Å². The number of carbonyl (C=O) groups excluding carboxylic acids is 1. The van der Waals surface area contributed by atoms with Crippen molar-refractivity contribution in [1.82, 2.24) is 10.2 Å². The third-order valence-corrected chi connectivity index (χ3v) is 5.15. The molecule has 5 heteroatoms. The minimum absolute atomic E-state index is 0.0782. The number of likely N-dealkylation sites (tertiary alicyclic amines) is 1. The molecule has 1 fully saturated rings. The second-order valence-corrected chi connectivity index (χ2v) is 7.11. The molecular formula is C17H28N2O2S. The van der Waals surface area contributed by atoms with E-state index in [2.05, 4.69) is 24.4 Å². The van der Waals surface area contributed by atoms with Gasteiger partial charge in [0.2, 0.25) is 0 Å². The number of hydrogen-bond acceptors (Lipinski definition) is 3.